The highest BCUT2D eigenvalue weighted by atomic mass is 16.6. The van der Waals surface area contributed by atoms with Crippen molar-refractivity contribution < 1.29 is 24.4 Å². The average Bonchev–Trinajstić information content (AvgIpc) is 2.26. The Morgan fingerprint density at radius 3 is 2.56 bits per heavy atom. The lowest BCUT2D eigenvalue weighted by atomic mass is 10.1. The summed E-state index contributed by atoms with van der Waals surface area (Å²) in [5, 5.41) is 19.4. The molecule has 0 saturated carbocycles. The van der Waals surface area contributed by atoms with Gasteiger partial charge in [0.05, 0.1) is 17.6 Å². The molecule has 0 saturated heterocycles. The number of nitro benzene ring substituents is 1. The van der Waals surface area contributed by atoms with Gasteiger partial charge in [0.2, 0.25) is 0 Å². The van der Waals surface area contributed by atoms with Gasteiger partial charge in [0, 0.05) is 17.7 Å². The highest BCUT2D eigenvalue weighted by Crippen LogP contribution is 2.29. The van der Waals surface area contributed by atoms with E-state index < -0.39 is 16.6 Å². The molecule has 7 nitrogen and oxygen atoms in total. The fourth-order valence-electron chi connectivity index (χ4n) is 1.17. The summed E-state index contributed by atoms with van der Waals surface area (Å²) in [7, 11) is 1.18. The molecule has 0 bridgehead atoms. The number of benzene rings is 1. The first-order chi connectivity index (χ1) is 7.51. The van der Waals surface area contributed by atoms with Crippen LogP contribution in [-0.2, 0) is 0 Å². The van der Waals surface area contributed by atoms with Gasteiger partial charge in [-0.05, 0) is 0 Å². The van der Waals surface area contributed by atoms with Crippen LogP contribution in [0.4, 0.5) is 5.69 Å². The molecule has 0 aromatic heterocycles. The third kappa shape index (κ3) is 1.97. The Labute approximate surface area is 89.4 Å². The molecule has 0 heterocycles. The van der Waals surface area contributed by atoms with Gasteiger partial charge in [-0.25, -0.2) is 4.79 Å². The molecule has 1 aromatic carbocycles. The summed E-state index contributed by atoms with van der Waals surface area (Å²) >= 11 is 0. The number of methoxy groups -OCH3 is 1. The summed E-state index contributed by atoms with van der Waals surface area (Å²) < 4.78 is 4.68. The lowest BCUT2D eigenvalue weighted by Gasteiger charge is -2.04. The van der Waals surface area contributed by atoms with Crippen LogP contribution in [-0.4, -0.2) is 29.4 Å². The molecule has 0 spiro atoms. The van der Waals surface area contributed by atoms with Crippen molar-refractivity contribution in [3.05, 3.63) is 33.4 Å². The van der Waals surface area contributed by atoms with Gasteiger partial charge in [-0.1, -0.05) is 0 Å². The minimum atomic E-state index is -1.35. The van der Waals surface area contributed by atoms with Crippen LogP contribution >= 0.6 is 0 Å². The van der Waals surface area contributed by atoms with E-state index in [2.05, 4.69) is 4.74 Å². The molecule has 0 unspecified atom stereocenters. The van der Waals surface area contributed by atoms with E-state index in [9.17, 15) is 19.7 Å². The summed E-state index contributed by atoms with van der Waals surface area (Å²) in [6.07, 6.45) is 0.246. The van der Waals surface area contributed by atoms with Gasteiger partial charge in [0.25, 0.3) is 0 Å². The first kappa shape index (κ1) is 11.6. The van der Waals surface area contributed by atoms with Crippen molar-refractivity contribution in [2.24, 2.45) is 0 Å². The monoisotopic (exact) mass is 225 g/mol. The number of rotatable bonds is 4. The fraction of sp³-hybridized carbons (Fsp3) is 0.111. The molecule has 84 valence electrons. The predicted octanol–water partition coefficient (Wildman–Crippen LogP) is 1.11. The number of ether oxygens (including phenoxy) is 1. The van der Waals surface area contributed by atoms with Crippen LogP contribution in [0.1, 0.15) is 20.7 Å². The Morgan fingerprint density at radius 1 is 1.56 bits per heavy atom. The molecule has 7 heteroatoms. The van der Waals surface area contributed by atoms with E-state index in [-0.39, 0.29) is 23.2 Å². The molecule has 0 aliphatic rings. The zero-order chi connectivity index (χ0) is 12.3. The molecular weight excluding hydrogens is 218 g/mol. The molecule has 16 heavy (non-hydrogen) atoms. The lowest BCUT2D eigenvalue weighted by Crippen LogP contribution is -2.04. The van der Waals surface area contributed by atoms with Crippen molar-refractivity contribution in [3.8, 4) is 5.75 Å². The largest absolute Gasteiger partial charge is 0.490 e. The van der Waals surface area contributed by atoms with Crippen molar-refractivity contribution in [3.63, 3.8) is 0 Å². The van der Waals surface area contributed by atoms with Crippen molar-refractivity contribution in [1.82, 2.24) is 0 Å². The molecule has 0 fully saturated rings. The third-order valence-corrected chi connectivity index (χ3v) is 1.91. The number of carbonyl (C=O) groups is 2. The number of hydrogen-bond acceptors (Lipinski definition) is 5. The number of carbonyl (C=O) groups excluding carboxylic acids is 1. The summed E-state index contributed by atoms with van der Waals surface area (Å²) in [5.74, 6) is -1.55. The van der Waals surface area contributed by atoms with Crippen molar-refractivity contribution >= 4 is 17.9 Å². The summed E-state index contributed by atoms with van der Waals surface area (Å²) in [6, 6.07) is 1.82. The molecule has 0 aliphatic carbocycles. The maximum absolute atomic E-state index is 10.7. The SMILES string of the molecule is COc1cc(C(=O)O)c(C=O)cc1[N+](=O)[O-]. The van der Waals surface area contributed by atoms with E-state index in [0.29, 0.717) is 0 Å². The van der Waals surface area contributed by atoms with E-state index >= 15 is 0 Å². The lowest BCUT2D eigenvalue weighted by molar-refractivity contribution is -0.385. The van der Waals surface area contributed by atoms with Crippen molar-refractivity contribution in [2.45, 2.75) is 0 Å². The van der Waals surface area contributed by atoms with Crippen LogP contribution < -0.4 is 4.74 Å². The summed E-state index contributed by atoms with van der Waals surface area (Å²) in [5.41, 5.74) is -1.05. The van der Waals surface area contributed by atoms with Gasteiger partial charge >= 0.3 is 11.7 Å². The maximum Gasteiger partial charge on any atom is 0.336 e. The van der Waals surface area contributed by atoms with Crippen LogP contribution in [0.25, 0.3) is 0 Å². The van der Waals surface area contributed by atoms with Gasteiger partial charge in [0.1, 0.15) is 0 Å². The molecule has 0 amide bonds. The molecular formula is C9H7NO6. The Morgan fingerprint density at radius 2 is 2.19 bits per heavy atom. The average molecular weight is 225 g/mol. The quantitative estimate of drug-likeness (QED) is 0.467. The topological polar surface area (TPSA) is 107 Å². The molecule has 0 aliphatic heterocycles. The Hall–Kier alpha value is -2.44. The Kier molecular flexibility index (Phi) is 3.19. The molecule has 1 N–H and O–H groups in total. The van der Waals surface area contributed by atoms with Crippen molar-refractivity contribution in [2.75, 3.05) is 7.11 Å². The van der Waals surface area contributed by atoms with E-state index in [1.807, 2.05) is 0 Å². The second-order valence-electron chi connectivity index (χ2n) is 2.79. The van der Waals surface area contributed by atoms with E-state index in [1.54, 1.807) is 0 Å². The number of nitro groups is 1. The highest BCUT2D eigenvalue weighted by Gasteiger charge is 2.21. The molecule has 1 rings (SSSR count). The van der Waals surface area contributed by atoms with Crippen molar-refractivity contribution in [1.29, 1.82) is 0 Å². The smallest absolute Gasteiger partial charge is 0.336 e. The third-order valence-electron chi connectivity index (χ3n) is 1.91. The second kappa shape index (κ2) is 4.39. The summed E-state index contributed by atoms with van der Waals surface area (Å²) in [6.45, 7) is 0. The number of nitrogens with zero attached hydrogens (tertiary/aromatic N) is 1. The second-order valence-corrected chi connectivity index (χ2v) is 2.79. The van der Waals surface area contributed by atoms with Gasteiger partial charge in [0.15, 0.2) is 12.0 Å². The molecule has 1 aromatic rings. The van der Waals surface area contributed by atoms with Gasteiger partial charge < -0.3 is 9.84 Å². The van der Waals surface area contributed by atoms with E-state index in [1.165, 1.54) is 7.11 Å². The minimum absolute atomic E-state index is 0.201. The first-order valence-electron chi connectivity index (χ1n) is 4.06. The summed E-state index contributed by atoms with van der Waals surface area (Å²) in [4.78, 5) is 31.2. The number of carboxylic acid groups (broad SMARTS) is 1. The normalized spacial score (nSPS) is 9.56. The van der Waals surface area contributed by atoms with Gasteiger partial charge in [-0.3, -0.25) is 14.9 Å². The predicted molar refractivity (Wildman–Crippen MR) is 52.0 cm³/mol. The zero-order valence-electron chi connectivity index (χ0n) is 8.17. The zero-order valence-corrected chi connectivity index (χ0v) is 8.17. The first-order valence-corrected chi connectivity index (χ1v) is 4.06. The molecule has 0 atom stereocenters. The number of hydrogen-bond donors (Lipinski definition) is 1. The fourth-order valence-corrected chi connectivity index (χ4v) is 1.17. The van der Waals surface area contributed by atoms with Gasteiger partial charge in [-0.2, -0.15) is 0 Å². The van der Waals surface area contributed by atoms with E-state index in [0.717, 1.165) is 12.1 Å². The van der Waals surface area contributed by atoms with Crippen LogP contribution in [0.15, 0.2) is 12.1 Å². The van der Waals surface area contributed by atoms with Crippen LogP contribution in [0.3, 0.4) is 0 Å². The van der Waals surface area contributed by atoms with Gasteiger partial charge in [-0.15, -0.1) is 0 Å². The van der Waals surface area contributed by atoms with Crippen LogP contribution in [0, 0.1) is 10.1 Å². The van der Waals surface area contributed by atoms with Crippen LogP contribution in [0.5, 0.6) is 5.75 Å². The number of aldehydes is 1. The standard InChI is InChI=1S/C9H7NO6/c1-16-8-3-6(9(12)13)5(4-11)2-7(8)10(14)15/h2-4H,1H3,(H,12,13). The Balaban J connectivity index is 3.52. The highest BCUT2D eigenvalue weighted by molar-refractivity contribution is 5.98. The minimum Gasteiger partial charge on any atom is -0.490 e. The number of carboxylic acids is 1. The molecule has 0 radical (unpaired) electrons. The maximum atomic E-state index is 10.7. The number of aromatic carboxylic acids is 1. The van der Waals surface area contributed by atoms with E-state index in [4.69, 9.17) is 5.11 Å². The van der Waals surface area contributed by atoms with Crippen LogP contribution in [0.2, 0.25) is 0 Å². The Bertz CT molecular complexity index is 467.